The summed E-state index contributed by atoms with van der Waals surface area (Å²) in [5.74, 6) is 0. The first-order valence-electron chi connectivity index (χ1n) is 7.84. The van der Waals surface area contributed by atoms with Crippen LogP contribution in [0.15, 0.2) is 53.5 Å². The highest BCUT2D eigenvalue weighted by molar-refractivity contribution is 5.89. The maximum absolute atomic E-state index is 12.3. The zero-order valence-corrected chi connectivity index (χ0v) is 13.5. The Bertz CT molecular complexity index is 778. The predicted octanol–water partition coefficient (Wildman–Crippen LogP) is 3.03. The van der Waals surface area contributed by atoms with Crippen molar-refractivity contribution < 1.29 is 4.79 Å². The third-order valence-corrected chi connectivity index (χ3v) is 3.63. The van der Waals surface area contributed by atoms with Crippen LogP contribution >= 0.6 is 0 Å². The smallest absolute Gasteiger partial charge is 0.319 e. The van der Waals surface area contributed by atoms with Crippen molar-refractivity contribution in [3.63, 3.8) is 0 Å². The minimum absolute atomic E-state index is 0.111. The Kier molecular flexibility index (Phi) is 6.15. The average Bonchev–Trinajstić information content (AvgIpc) is 2.61. The molecule has 1 aromatic carbocycles. The number of hydrogen-bond acceptors (Lipinski definition) is 3. The first-order valence-corrected chi connectivity index (χ1v) is 7.84. The van der Waals surface area contributed by atoms with Crippen LogP contribution in [0.25, 0.3) is 0 Å². The van der Waals surface area contributed by atoms with Crippen LogP contribution in [0.5, 0.6) is 0 Å². The van der Waals surface area contributed by atoms with E-state index in [9.17, 15) is 9.59 Å². The van der Waals surface area contributed by atoms with Gasteiger partial charge in [0.05, 0.1) is 17.8 Å². The number of benzene rings is 1. The molecule has 1 atom stereocenters. The van der Waals surface area contributed by atoms with E-state index >= 15 is 0 Å². The number of urea groups is 1. The third-order valence-electron chi connectivity index (χ3n) is 3.63. The van der Waals surface area contributed by atoms with Crippen molar-refractivity contribution in [1.82, 2.24) is 9.88 Å². The normalized spacial score (nSPS) is 11.3. The Morgan fingerprint density at radius 3 is 2.67 bits per heavy atom. The number of anilines is 1. The van der Waals surface area contributed by atoms with Gasteiger partial charge in [0.25, 0.3) is 5.56 Å². The van der Waals surface area contributed by atoms with Gasteiger partial charge in [0.1, 0.15) is 0 Å². The van der Waals surface area contributed by atoms with E-state index in [4.69, 9.17) is 5.26 Å². The number of hydrogen-bond donors (Lipinski definition) is 2. The van der Waals surface area contributed by atoms with Gasteiger partial charge in [0.15, 0.2) is 0 Å². The van der Waals surface area contributed by atoms with Gasteiger partial charge in [-0.2, -0.15) is 5.26 Å². The van der Waals surface area contributed by atoms with Crippen molar-refractivity contribution in [3.8, 4) is 6.07 Å². The van der Waals surface area contributed by atoms with Crippen LogP contribution in [0, 0.1) is 11.3 Å². The molecule has 6 nitrogen and oxygen atoms in total. The molecule has 2 N–H and O–H groups in total. The number of amides is 2. The Labute approximate surface area is 140 Å². The molecule has 0 aliphatic carbocycles. The summed E-state index contributed by atoms with van der Waals surface area (Å²) in [4.78, 5) is 23.8. The maximum Gasteiger partial charge on any atom is 0.319 e. The Morgan fingerprint density at radius 2 is 2.00 bits per heavy atom. The van der Waals surface area contributed by atoms with Crippen LogP contribution < -0.4 is 16.2 Å². The molecule has 0 radical (unpaired) electrons. The maximum atomic E-state index is 12.3. The fourth-order valence-corrected chi connectivity index (χ4v) is 2.39. The van der Waals surface area contributed by atoms with Gasteiger partial charge >= 0.3 is 6.03 Å². The zero-order valence-electron chi connectivity index (χ0n) is 13.5. The summed E-state index contributed by atoms with van der Waals surface area (Å²) in [6.45, 7) is 2.39. The molecule has 1 unspecified atom stereocenters. The number of pyridine rings is 1. The molecule has 2 aromatic rings. The van der Waals surface area contributed by atoms with Crippen molar-refractivity contribution in [2.45, 2.75) is 32.4 Å². The van der Waals surface area contributed by atoms with Gasteiger partial charge in [0, 0.05) is 25.2 Å². The van der Waals surface area contributed by atoms with Crippen molar-refractivity contribution >= 4 is 11.7 Å². The quantitative estimate of drug-likeness (QED) is 0.856. The molecular weight excluding hydrogens is 304 g/mol. The number of aryl methyl sites for hydroxylation is 1. The SMILES string of the molecule is CCn1cc(NC(=O)NC(CCC#N)c2ccccc2)ccc1=O. The molecule has 0 aliphatic rings. The summed E-state index contributed by atoms with van der Waals surface area (Å²) in [6.07, 6.45) is 2.48. The molecule has 1 aromatic heterocycles. The molecule has 0 spiro atoms. The van der Waals surface area contributed by atoms with Crippen LogP contribution in [0.4, 0.5) is 10.5 Å². The molecule has 1 heterocycles. The second-order valence-corrected chi connectivity index (χ2v) is 5.30. The lowest BCUT2D eigenvalue weighted by atomic mass is 10.0. The minimum Gasteiger partial charge on any atom is -0.331 e. The lowest BCUT2D eigenvalue weighted by Gasteiger charge is -2.18. The van der Waals surface area contributed by atoms with Gasteiger partial charge in [0.2, 0.25) is 0 Å². The van der Waals surface area contributed by atoms with E-state index in [1.165, 1.54) is 10.6 Å². The fraction of sp³-hybridized carbons (Fsp3) is 0.278. The number of aromatic nitrogens is 1. The van der Waals surface area contributed by atoms with Gasteiger partial charge in [-0.25, -0.2) is 4.79 Å². The first-order chi connectivity index (χ1) is 11.6. The first kappa shape index (κ1) is 17.3. The zero-order chi connectivity index (χ0) is 17.4. The molecule has 124 valence electrons. The fourth-order valence-electron chi connectivity index (χ4n) is 2.39. The van der Waals surface area contributed by atoms with Crippen LogP contribution in [-0.4, -0.2) is 10.6 Å². The minimum atomic E-state index is -0.372. The second kappa shape index (κ2) is 8.53. The predicted molar refractivity (Wildman–Crippen MR) is 92.6 cm³/mol. The van der Waals surface area contributed by atoms with E-state index in [0.29, 0.717) is 25.1 Å². The van der Waals surface area contributed by atoms with Gasteiger partial charge in [-0.15, -0.1) is 0 Å². The van der Waals surface area contributed by atoms with E-state index in [1.807, 2.05) is 37.3 Å². The second-order valence-electron chi connectivity index (χ2n) is 5.30. The van der Waals surface area contributed by atoms with Crippen molar-refractivity contribution in [1.29, 1.82) is 5.26 Å². The van der Waals surface area contributed by atoms with E-state index in [1.54, 1.807) is 12.3 Å². The van der Waals surface area contributed by atoms with E-state index in [-0.39, 0.29) is 17.6 Å². The Morgan fingerprint density at radius 1 is 1.25 bits per heavy atom. The summed E-state index contributed by atoms with van der Waals surface area (Å²) in [5.41, 5.74) is 1.38. The lowest BCUT2D eigenvalue weighted by molar-refractivity contribution is 0.248. The average molecular weight is 324 g/mol. The molecular formula is C18H20N4O2. The molecule has 0 aliphatic heterocycles. The molecule has 0 bridgehead atoms. The van der Waals surface area contributed by atoms with Crippen LogP contribution in [0.1, 0.15) is 31.4 Å². The molecule has 2 amide bonds. The van der Waals surface area contributed by atoms with Gasteiger partial charge in [-0.1, -0.05) is 30.3 Å². The summed E-state index contributed by atoms with van der Waals surface area (Å²) >= 11 is 0. The summed E-state index contributed by atoms with van der Waals surface area (Å²) in [6, 6.07) is 14.0. The van der Waals surface area contributed by atoms with Gasteiger partial charge < -0.3 is 15.2 Å². The molecule has 0 fully saturated rings. The highest BCUT2D eigenvalue weighted by atomic mass is 16.2. The number of carbonyl (C=O) groups excluding carboxylic acids is 1. The van der Waals surface area contributed by atoms with Crippen molar-refractivity contribution in [2.24, 2.45) is 0 Å². The number of nitrogens with zero attached hydrogens (tertiary/aromatic N) is 2. The standard InChI is InChI=1S/C18H20N4O2/c1-2-22-13-15(10-11-17(22)23)20-18(24)21-16(9-6-12-19)14-7-4-3-5-8-14/h3-5,7-8,10-11,13,16H,2,6,9H2,1H3,(H2,20,21,24). The van der Waals surface area contributed by atoms with Gasteiger partial charge in [-0.3, -0.25) is 4.79 Å². The Hall–Kier alpha value is -3.07. The Balaban J connectivity index is 2.07. The van der Waals surface area contributed by atoms with E-state index < -0.39 is 0 Å². The molecule has 0 saturated carbocycles. The van der Waals surface area contributed by atoms with Crippen LogP contribution in [0.2, 0.25) is 0 Å². The van der Waals surface area contributed by atoms with Gasteiger partial charge in [-0.05, 0) is 25.0 Å². The monoisotopic (exact) mass is 324 g/mol. The summed E-state index contributed by atoms with van der Waals surface area (Å²) in [5, 5.41) is 14.4. The number of nitriles is 1. The number of rotatable bonds is 6. The molecule has 0 saturated heterocycles. The molecule has 2 rings (SSSR count). The number of nitrogens with one attached hydrogen (secondary N) is 2. The molecule has 6 heteroatoms. The highest BCUT2D eigenvalue weighted by Gasteiger charge is 2.14. The lowest BCUT2D eigenvalue weighted by Crippen LogP contribution is -2.33. The van der Waals surface area contributed by atoms with Crippen molar-refractivity contribution in [3.05, 3.63) is 64.6 Å². The highest BCUT2D eigenvalue weighted by Crippen LogP contribution is 2.18. The van der Waals surface area contributed by atoms with E-state index in [0.717, 1.165) is 5.56 Å². The van der Waals surface area contributed by atoms with Crippen LogP contribution in [0.3, 0.4) is 0 Å². The van der Waals surface area contributed by atoms with Crippen LogP contribution in [-0.2, 0) is 6.54 Å². The van der Waals surface area contributed by atoms with Crippen molar-refractivity contribution in [2.75, 3.05) is 5.32 Å². The molecule has 24 heavy (non-hydrogen) atoms. The third kappa shape index (κ3) is 4.71. The summed E-state index contributed by atoms with van der Waals surface area (Å²) in [7, 11) is 0. The number of carbonyl (C=O) groups is 1. The van der Waals surface area contributed by atoms with E-state index in [2.05, 4.69) is 16.7 Å². The topological polar surface area (TPSA) is 86.9 Å². The summed E-state index contributed by atoms with van der Waals surface area (Å²) < 4.78 is 1.51. The largest absolute Gasteiger partial charge is 0.331 e.